The second-order valence-corrected chi connectivity index (χ2v) is 1.99. The molecule has 9 heavy (non-hydrogen) atoms. The molecule has 0 aliphatic carbocycles. The van der Waals surface area contributed by atoms with Crippen LogP contribution in [0.4, 0.5) is 0 Å². The van der Waals surface area contributed by atoms with Crippen molar-refractivity contribution >= 4 is 10.4 Å². The van der Waals surface area contributed by atoms with Gasteiger partial charge in [0.25, 0.3) is 0 Å². The predicted octanol–water partition coefficient (Wildman–Crippen LogP) is -3.66. The van der Waals surface area contributed by atoms with Gasteiger partial charge < -0.3 is 5.11 Å². The quantitative estimate of drug-likeness (QED) is 0.245. The standard InChI is InChI=1S/C2H5O5S.Li/c3-1-2-7-8(4,5)6;/h1,3H,2H2,(H,4,5,6);/q-1;+1. The van der Waals surface area contributed by atoms with E-state index in [0.717, 1.165) is 0 Å². The number of aliphatic hydroxyl groups excluding tert-OH is 1. The van der Waals surface area contributed by atoms with E-state index in [1.165, 1.54) is 0 Å². The molecule has 0 bridgehead atoms. The third-order valence-electron chi connectivity index (χ3n) is 0.292. The minimum Gasteiger partial charge on any atom is -0.564 e. The third-order valence-corrected chi connectivity index (χ3v) is 0.725. The molecule has 50 valence electrons. The van der Waals surface area contributed by atoms with Gasteiger partial charge in [0.2, 0.25) is 0 Å². The van der Waals surface area contributed by atoms with Crippen molar-refractivity contribution in [3.05, 3.63) is 6.61 Å². The average molecular weight is 148 g/mol. The Hall–Kier alpha value is 0.427. The van der Waals surface area contributed by atoms with E-state index in [2.05, 4.69) is 4.18 Å². The van der Waals surface area contributed by atoms with Crippen LogP contribution in [0.15, 0.2) is 0 Å². The summed E-state index contributed by atoms with van der Waals surface area (Å²) >= 11 is 0. The first-order chi connectivity index (χ1) is 3.56. The Bertz CT molecular complexity index is 139. The summed E-state index contributed by atoms with van der Waals surface area (Å²) in [6, 6.07) is 0. The molecule has 0 radical (unpaired) electrons. The van der Waals surface area contributed by atoms with Crippen molar-refractivity contribution in [1.82, 2.24) is 0 Å². The molecule has 0 aromatic rings. The van der Waals surface area contributed by atoms with Crippen molar-refractivity contribution in [2.75, 3.05) is 6.61 Å². The molecule has 0 saturated heterocycles. The zero-order valence-electron chi connectivity index (χ0n) is 4.81. The minimum atomic E-state index is -4.38. The van der Waals surface area contributed by atoms with Gasteiger partial charge in [0.1, 0.15) is 0 Å². The van der Waals surface area contributed by atoms with Crippen LogP contribution in [0.5, 0.6) is 0 Å². The van der Waals surface area contributed by atoms with Crippen LogP contribution >= 0.6 is 0 Å². The second kappa shape index (κ2) is 5.23. The monoisotopic (exact) mass is 148 g/mol. The maximum atomic E-state index is 9.59. The van der Waals surface area contributed by atoms with E-state index in [-0.39, 0.29) is 18.9 Å². The van der Waals surface area contributed by atoms with E-state index >= 15 is 0 Å². The van der Waals surface area contributed by atoms with Crippen LogP contribution in [0.2, 0.25) is 0 Å². The SMILES string of the molecule is O=S(=O)(O)OC[CH-]O.[Li+]. The van der Waals surface area contributed by atoms with E-state index in [9.17, 15) is 8.42 Å². The van der Waals surface area contributed by atoms with Gasteiger partial charge in [-0.2, -0.15) is 15.0 Å². The molecule has 0 aliphatic heterocycles. The van der Waals surface area contributed by atoms with Gasteiger partial charge >= 0.3 is 29.3 Å². The Labute approximate surface area is 65.1 Å². The van der Waals surface area contributed by atoms with Gasteiger partial charge in [-0.15, -0.1) is 0 Å². The predicted molar refractivity (Wildman–Crippen MR) is 23.7 cm³/mol. The van der Waals surface area contributed by atoms with Gasteiger partial charge in [-0.25, -0.2) is 0 Å². The normalized spacial score (nSPS) is 10.4. The molecule has 5 nitrogen and oxygen atoms in total. The van der Waals surface area contributed by atoms with Gasteiger partial charge in [-0.3, -0.25) is 8.74 Å². The molecule has 7 heteroatoms. The summed E-state index contributed by atoms with van der Waals surface area (Å²) in [5.74, 6) is 0. The van der Waals surface area contributed by atoms with Gasteiger partial charge in [0.05, 0.1) is 0 Å². The van der Waals surface area contributed by atoms with Crippen LogP contribution in [-0.4, -0.2) is 24.7 Å². The number of aliphatic hydroxyl groups is 1. The smallest absolute Gasteiger partial charge is 0.564 e. The van der Waals surface area contributed by atoms with Crippen molar-refractivity contribution in [3.8, 4) is 0 Å². The summed E-state index contributed by atoms with van der Waals surface area (Å²) in [7, 11) is -4.38. The summed E-state index contributed by atoms with van der Waals surface area (Å²) in [5.41, 5.74) is 0. The number of hydrogen-bond donors (Lipinski definition) is 2. The van der Waals surface area contributed by atoms with Crippen LogP contribution in [0.3, 0.4) is 0 Å². The fourth-order valence-electron chi connectivity index (χ4n) is 0.116. The second-order valence-electron chi connectivity index (χ2n) is 0.895. The summed E-state index contributed by atoms with van der Waals surface area (Å²) in [5, 5.41) is 7.80. The zero-order valence-corrected chi connectivity index (χ0v) is 5.63. The van der Waals surface area contributed by atoms with Crippen LogP contribution in [-0.2, 0) is 14.6 Å². The van der Waals surface area contributed by atoms with Crippen molar-refractivity contribution in [3.63, 3.8) is 0 Å². The van der Waals surface area contributed by atoms with Crippen molar-refractivity contribution in [2.24, 2.45) is 0 Å². The minimum absolute atomic E-state index is 0. The molecule has 0 fully saturated rings. The van der Waals surface area contributed by atoms with E-state index < -0.39 is 17.0 Å². The molecule has 0 saturated carbocycles. The van der Waals surface area contributed by atoms with Crippen LogP contribution < -0.4 is 18.9 Å². The Morgan fingerprint density at radius 1 is 1.56 bits per heavy atom. The van der Waals surface area contributed by atoms with Crippen LogP contribution in [0.25, 0.3) is 0 Å². The molecule has 0 unspecified atom stereocenters. The van der Waals surface area contributed by atoms with Gasteiger partial charge in [0, 0.05) is 0 Å². The first-order valence-electron chi connectivity index (χ1n) is 1.64. The van der Waals surface area contributed by atoms with E-state index in [4.69, 9.17) is 9.66 Å². The number of rotatable bonds is 3. The van der Waals surface area contributed by atoms with Crippen molar-refractivity contribution in [2.45, 2.75) is 0 Å². The molecule has 0 heterocycles. The summed E-state index contributed by atoms with van der Waals surface area (Å²) in [6.07, 6.45) is 0. The third kappa shape index (κ3) is 11.8. The summed E-state index contributed by atoms with van der Waals surface area (Å²) in [4.78, 5) is 0. The first-order valence-corrected chi connectivity index (χ1v) is 3.00. The van der Waals surface area contributed by atoms with E-state index in [1.807, 2.05) is 0 Å². The van der Waals surface area contributed by atoms with Crippen molar-refractivity contribution < 1.29 is 41.1 Å². The fourth-order valence-corrected chi connectivity index (χ4v) is 0.349. The summed E-state index contributed by atoms with van der Waals surface area (Å²) in [6.45, 7) is -0.0629. The maximum Gasteiger partial charge on any atom is 1.00 e. The molecule has 0 spiro atoms. The van der Waals surface area contributed by atoms with Gasteiger partial charge in [0.15, 0.2) is 0 Å². The Morgan fingerprint density at radius 2 is 2.00 bits per heavy atom. The molecular formula is C2H5LiO5S. The molecule has 0 atom stereocenters. The molecular weight excluding hydrogens is 143 g/mol. The largest absolute Gasteiger partial charge is 1.00 e. The molecule has 0 amide bonds. The van der Waals surface area contributed by atoms with E-state index in [1.54, 1.807) is 0 Å². The van der Waals surface area contributed by atoms with Gasteiger partial charge in [-0.1, -0.05) is 0 Å². The van der Waals surface area contributed by atoms with Crippen LogP contribution in [0.1, 0.15) is 0 Å². The van der Waals surface area contributed by atoms with E-state index in [0.29, 0.717) is 6.61 Å². The van der Waals surface area contributed by atoms with Crippen molar-refractivity contribution in [1.29, 1.82) is 0 Å². The first kappa shape index (κ1) is 12.1. The Kier molecular flexibility index (Phi) is 7.05. The topological polar surface area (TPSA) is 83.8 Å². The molecule has 0 aromatic heterocycles. The maximum absolute atomic E-state index is 9.59. The molecule has 2 N–H and O–H groups in total. The Balaban J connectivity index is 0. The number of hydrogen-bond acceptors (Lipinski definition) is 4. The Morgan fingerprint density at radius 3 is 2.11 bits per heavy atom. The average Bonchev–Trinajstić information content (AvgIpc) is 1.59. The zero-order chi connectivity index (χ0) is 6.62. The molecule has 0 rings (SSSR count). The molecule has 0 aliphatic rings. The molecule has 0 aromatic carbocycles. The van der Waals surface area contributed by atoms with Gasteiger partial charge in [-0.05, 0) is 6.61 Å². The fraction of sp³-hybridized carbons (Fsp3) is 0.500. The summed E-state index contributed by atoms with van der Waals surface area (Å²) < 4.78 is 30.6. The van der Waals surface area contributed by atoms with Crippen LogP contribution in [0, 0.1) is 6.61 Å².